The van der Waals surface area contributed by atoms with Crippen LogP contribution in [0.4, 0.5) is 11.4 Å². The third kappa shape index (κ3) is 3.38. The maximum absolute atomic E-state index is 12.8. The summed E-state index contributed by atoms with van der Waals surface area (Å²) in [5.74, 6) is -0.779. The van der Waals surface area contributed by atoms with Gasteiger partial charge in [-0.15, -0.1) is 0 Å². The van der Waals surface area contributed by atoms with E-state index in [0.29, 0.717) is 23.1 Å². The summed E-state index contributed by atoms with van der Waals surface area (Å²) in [4.78, 5) is 26.2. The lowest BCUT2D eigenvalue weighted by Crippen LogP contribution is -2.32. The number of ether oxygens (including phenoxy) is 1. The van der Waals surface area contributed by atoms with Crippen molar-refractivity contribution in [3.8, 4) is 5.75 Å². The molecule has 0 aromatic heterocycles. The van der Waals surface area contributed by atoms with E-state index in [-0.39, 0.29) is 21.4 Å². The molecule has 5 nitrogen and oxygen atoms in total. The number of carbonyl (C=O) groups excluding carboxylic acids is 2. The summed E-state index contributed by atoms with van der Waals surface area (Å²) < 4.78 is 5.51. The van der Waals surface area contributed by atoms with Crippen molar-refractivity contribution in [2.75, 3.05) is 16.8 Å². The molecular formula is C18H13Cl3N2O3. The number of nitrogens with one attached hydrogen (secondary N) is 1. The molecule has 1 heterocycles. The zero-order chi connectivity index (χ0) is 18.8. The minimum absolute atomic E-state index is 0.0557. The Kier molecular flexibility index (Phi) is 5.41. The zero-order valence-corrected chi connectivity index (χ0v) is 15.8. The molecule has 0 atom stereocenters. The third-order valence-electron chi connectivity index (χ3n) is 3.62. The van der Waals surface area contributed by atoms with Gasteiger partial charge in [0.1, 0.15) is 16.5 Å². The van der Waals surface area contributed by atoms with Crippen LogP contribution in [0.25, 0.3) is 0 Å². The Hall–Kier alpha value is -2.21. The molecule has 0 aliphatic carbocycles. The average molecular weight is 412 g/mol. The van der Waals surface area contributed by atoms with Gasteiger partial charge in [0.05, 0.1) is 23.0 Å². The fourth-order valence-electron chi connectivity index (χ4n) is 2.47. The average Bonchev–Trinajstić information content (AvgIpc) is 2.82. The molecule has 0 unspecified atom stereocenters. The Bertz CT molecular complexity index is 928. The number of hydrogen-bond acceptors (Lipinski definition) is 4. The molecule has 2 amide bonds. The van der Waals surface area contributed by atoms with Gasteiger partial charge in [0.25, 0.3) is 11.8 Å². The van der Waals surface area contributed by atoms with Crippen LogP contribution in [-0.4, -0.2) is 18.4 Å². The van der Waals surface area contributed by atoms with Crippen LogP contribution in [0.3, 0.4) is 0 Å². The van der Waals surface area contributed by atoms with Crippen molar-refractivity contribution in [2.24, 2.45) is 0 Å². The minimum atomic E-state index is -0.683. The van der Waals surface area contributed by atoms with Gasteiger partial charge >= 0.3 is 0 Å². The van der Waals surface area contributed by atoms with E-state index < -0.39 is 11.8 Å². The second kappa shape index (κ2) is 7.58. The molecule has 0 saturated heterocycles. The lowest BCUT2D eigenvalue weighted by Gasteiger charge is -2.17. The lowest BCUT2D eigenvalue weighted by atomic mass is 10.2. The predicted molar refractivity (Wildman–Crippen MR) is 103 cm³/mol. The maximum atomic E-state index is 12.8. The Morgan fingerprint density at radius 2 is 1.77 bits per heavy atom. The number of nitrogens with zero attached hydrogens (tertiary/aromatic N) is 1. The molecule has 134 valence electrons. The lowest BCUT2D eigenvalue weighted by molar-refractivity contribution is -0.120. The Labute approximate surface area is 165 Å². The highest BCUT2D eigenvalue weighted by Gasteiger charge is 2.40. The molecule has 0 bridgehead atoms. The quantitative estimate of drug-likeness (QED) is 0.716. The van der Waals surface area contributed by atoms with Crippen molar-refractivity contribution in [1.82, 2.24) is 0 Å². The number of para-hydroxylation sites is 2. The van der Waals surface area contributed by atoms with Crippen LogP contribution < -0.4 is 15.0 Å². The highest BCUT2D eigenvalue weighted by molar-refractivity contribution is 6.54. The van der Waals surface area contributed by atoms with Crippen molar-refractivity contribution in [1.29, 1.82) is 0 Å². The number of anilines is 2. The van der Waals surface area contributed by atoms with Gasteiger partial charge in [-0.2, -0.15) is 0 Å². The molecule has 2 aromatic carbocycles. The van der Waals surface area contributed by atoms with Crippen molar-refractivity contribution >= 4 is 58.0 Å². The highest BCUT2D eigenvalue weighted by atomic mass is 35.5. The number of amides is 2. The summed E-state index contributed by atoms with van der Waals surface area (Å²) in [7, 11) is 0. The zero-order valence-electron chi connectivity index (χ0n) is 13.6. The van der Waals surface area contributed by atoms with Crippen LogP contribution in [0.5, 0.6) is 5.75 Å². The molecule has 1 N–H and O–H groups in total. The molecule has 8 heteroatoms. The van der Waals surface area contributed by atoms with Crippen molar-refractivity contribution < 1.29 is 14.3 Å². The molecule has 0 radical (unpaired) electrons. The number of imide groups is 1. The second-order valence-corrected chi connectivity index (χ2v) is 6.51. The van der Waals surface area contributed by atoms with E-state index in [1.165, 1.54) is 12.1 Å². The highest BCUT2D eigenvalue weighted by Crippen LogP contribution is 2.36. The van der Waals surface area contributed by atoms with Crippen LogP contribution in [0.2, 0.25) is 10.0 Å². The van der Waals surface area contributed by atoms with Crippen LogP contribution in [-0.2, 0) is 9.59 Å². The van der Waals surface area contributed by atoms with Gasteiger partial charge in [0.2, 0.25) is 0 Å². The van der Waals surface area contributed by atoms with Crippen LogP contribution in [0.1, 0.15) is 6.92 Å². The Morgan fingerprint density at radius 3 is 2.50 bits per heavy atom. The van der Waals surface area contributed by atoms with E-state index in [9.17, 15) is 9.59 Å². The van der Waals surface area contributed by atoms with Crippen molar-refractivity contribution in [2.45, 2.75) is 6.92 Å². The smallest absolute Gasteiger partial charge is 0.283 e. The standard InChI is InChI=1S/C18H13Cl3N2O3/c1-2-26-14-6-4-3-5-12(14)22-16-15(21)17(24)23(18(16)25)13-9-10(19)7-8-11(13)20/h3-9,22H,2H2,1H3. The van der Waals surface area contributed by atoms with E-state index in [1.807, 2.05) is 6.92 Å². The summed E-state index contributed by atoms with van der Waals surface area (Å²) in [6.45, 7) is 2.29. The number of benzene rings is 2. The largest absolute Gasteiger partial charge is 0.492 e. The number of rotatable bonds is 5. The Balaban J connectivity index is 1.96. The molecular weight excluding hydrogens is 399 g/mol. The van der Waals surface area contributed by atoms with Crippen molar-refractivity contribution in [3.63, 3.8) is 0 Å². The van der Waals surface area contributed by atoms with E-state index in [0.717, 1.165) is 4.90 Å². The molecule has 26 heavy (non-hydrogen) atoms. The molecule has 0 spiro atoms. The summed E-state index contributed by atoms with van der Waals surface area (Å²) >= 11 is 18.2. The molecule has 1 aliphatic rings. The summed E-state index contributed by atoms with van der Waals surface area (Å²) in [6.07, 6.45) is 0. The van der Waals surface area contributed by atoms with Crippen molar-refractivity contribution in [3.05, 3.63) is 63.2 Å². The first-order valence-electron chi connectivity index (χ1n) is 7.66. The van der Waals surface area contributed by atoms with Gasteiger partial charge in [0.15, 0.2) is 0 Å². The van der Waals surface area contributed by atoms with E-state index in [2.05, 4.69) is 5.32 Å². The van der Waals surface area contributed by atoms with Crippen LogP contribution >= 0.6 is 34.8 Å². The number of halogens is 3. The monoisotopic (exact) mass is 410 g/mol. The number of hydrogen-bond donors (Lipinski definition) is 1. The predicted octanol–water partition coefficient (Wildman–Crippen LogP) is 4.83. The first-order valence-corrected chi connectivity index (χ1v) is 8.80. The van der Waals surface area contributed by atoms with Crippen LogP contribution in [0, 0.1) is 0 Å². The SMILES string of the molecule is CCOc1ccccc1NC1=C(Cl)C(=O)N(c2cc(Cl)ccc2Cl)C1=O. The second-order valence-electron chi connectivity index (χ2n) is 5.28. The van der Waals surface area contributed by atoms with E-state index in [1.54, 1.807) is 30.3 Å². The van der Waals surface area contributed by atoms with Gasteiger partial charge in [-0.05, 0) is 37.3 Å². The number of carbonyl (C=O) groups is 2. The van der Waals surface area contributed by atoms with Gasteiger partial charge in [-0.3, -0.25) is 9.59 Å². The van der Waals surface area contributed by atoms with Gasteiger partial charge in [-0.1, -0.05) is 46.9 Å². The van der Waals surface area contributed by atoms with Crippen LogP contribution in [0.15, 0.2) is 53.2 Å². The van der Waals surface area contributed by atoms with Gasteiger partial charge in [-0.25, -0.2) is 4.90 Å². The summed E-state index contributed by atoms with van der Waals surface area (Å²) in [6, 6.07) is 11.5. The molecule has 2 aromatic rings. The first kappa shape index (κ1) is 18.6. The van der Waals surface area contributed by atoms with E-state index >= 15 is 0 Å². The minimum Gasteiger partial charge on any atom is -0.492 e. The molecule has 0 fully saturated rings. The fourth-order valence-corrected chi connectivity index (χ4v) is 3.05. The van der Waals surface area contributed by atoms with Gasteiger partial charge < -0.3 is 10.1 Å². The molecule has 1 aliphatic heterocycles. The maximum Gasteiger partial charge on any atom is 0.283 e. The normalized spacial score (nSPS) is 14.2. The summed E-state index contributed by atoms with van der Waals surface area (Å²) in [5.41, 5.74) is 0.629. The topological polar surface area (TPSA) is 58.6 Å². The first-order chi connectivity index (χ1) is 12.4. The van der Waals surface area contributed by atoms with Gasteiger partial charge in [0, 0.05) is 5.02 Å². The fraction of sp³-hybridized carbons (Fsp3) is 0.111. The Morgan fingerprint density at radius 1 is 1.04 bits per heavy atom. The molecule has 3 rings (SSSR count). The third-order valence-corrected chi connectivity index (χ3v) is 4.53. The molecule has 0 saturated carbocycles. The summed E-state index contributed by atoms with van der Waals surface area (Å²) in [5, 5.41) is 3.20. The van der Waals surface area contributed by atoms with E-state index in [4.69, 9.17) is 39.5 Å².